The normalized spacial score (nSPS) is 13.3. The summed E-state index contributed by atoms with van der Waals surface area (Å²) in [5.74, 6) is 0.926. The Bertz CT molecular complexity index is 1370. The summed E-state index contributed by atoms with van der Waals surface area (Å²) < 4.78 is 9.20. The molecule has 33 heavy (non-hydrogen) atoms. The molecule has 5 rings (SSSR count). The van der Waals surface area contributed by atoms with Crippen molar-refractivity contribution in [3.63, 3.8) is 0 Å². The second-order valence-electron chi connectivity index (χ2n) is 8.32. The summed E-state index contributed by atoms with van der Waals surface area (Å²) in [6.45, 7) is 8.17. The zero-order chi connectivity index (χ0) is 22.9. The van der Waals surface area contributed by atoms with E-state index in [2.05, 4.69) is 32.7 Å². The first-order valence-corrected chi connectivity index (χ1v) is 11.2. The molecule has 4 aromatic rings. The molecule has 0 bridgehead atoms. The number of nitrogens with zero attached hydrogens (tertiary/aromatic N) is 5. The van der Waals surface area contributed by atoms with Crippen molar-refractivity contribution < 1.29 is 4.74 Å². The molecular weight excluding hydrogens is 418 g/mol. The van der Waals surface area contributed by atoms with Crippen molar-refractivity contribution >= 4 is 22.7 Å². The fourth-order valence-corrected chi connectivity index (χ4v) is 4.16. The van der Waals surface area contributed by atoms with Crippen LogP contribution in [0.4, 0.5) is 11.6 Å². The van der Waals surface area contributed by atoms with Gasteiger partial charge in [-0.2, -0.15) is 4.98 Å². The highest BCUT2D eigenvalue weighted by molar-refractivity contribution is 5.77. The van der Waals surface area contributed by atoms with E-state index in [1.807, 2.05) is 39.0 Å². The molecule has 0 unspecified atom stereocenters. The molecular formula is C24H27N7O2. The number of benzene rings is 1. The fourth-order valence-electron chi connectivity index (χ4n) is 4.16. The van der Waals surface area contributed by atoms with Crippen molar-refractivity contribution in [1.29, 1.82) is 0 Å². The van der Waals surface area contributed by atoms with Crippen LogP contribution in [0.2, 0.25) is 0 Å². The van der Waals surface area contributed by atoms with Crippen LogP contribution >= 0.6 is 0 Å². The third-order valence-electron chi connectivity index (χ3n) is 5.64. The Labute approximate surface area is 191 Å². The second-order valence-corrected chi connectivity index (χ2v) is 8.32. The number of anilines is 2. The van der Waals surface area contributed by atoms with Gasteiger partial charge in [0.15, 0.2) is 5.65 Å². The number of nitrogens with one attached hydrogen (secondary N) is 2. The molecule has 0 amide bonds. The van der Waals surface area contributed by atoms with Crippen LogP contribution in [0.15, 0.2) is 47.5 Å². The van der Waals surface area contributed by atoms with Crippen molar-refractivity contribution in [3.8, 4) is 11.6 Å². The van der Waals surface area contributed by atoms with Crippen molar-refractivity contribution in [2.75, 3.05) is 11.9 Å². The van der Waals surface area contributed by atoms with Gasteiger partial charge in [0.25, 0.3) is 5.56 Å². The highest BCUT2D eigenvalue weighted by Gasteiger charge is 2.18. The van der Waals surface area contributed by atoms with Gasteiger partial charge in [0.1, 0.15) is 5.39 Å². The molecule has 0 saturated carbocycles. The van der Waals surface area contributed by atoms with Crippen LogP contribution in [0.1, 0.15) is 31.9 Å². The van der Waals surface area contributed by atoms with E-state index >= 15 is 0 Å². The maximum atomic E-state index is 13.0. The van der Waals surface area contributed by atoms with Crippen molar-refractivity contribution in [2.45, 2.75) is 46.4 Å². The molecule has 2 N–H and O–H groups in total. The first kappa shape index (κ1) is 21.1. The Hall–Kier alpha value is -3.72. The molecule has 9 nitrogen and oxygen atoms in total. The number of aromatic nitrogens is 5. The van der Waals surface area contributed by atoms with Gasteiger partial charge in [0.2, 0.25) is 11.8 Å². The zero-order valence-corrected chi connectivity index (χ0v) is 19.0. The number of rotatable bonds is 6. The van der Waals surface area contributed by atoms with Gasteiger partial charge in [-0.1, -0.05) is 6.07 Å². The van der Waals surface area contributed by atoms with Crippen LogP contribution in [-0.4, -0.2) is 37.0 Å². The van der Waals surface area contributed by atoms with Crippen LogP contribution in [-0.2, 0) is 19.5 Å². The SMILES string of the molecule is CCn1c(=O)c2cnc(Nc3ccc4c(c3)CNCC4)nc2n1-c1ccnc(OC(C)C)c1. The predicted molar refractivity (Wildman–Crippen MR) is 127 cm³/mol. The summed E-state index contributed by atoms with van der Waals surface area (Å²) in [5, 5.41) is 7.15. The van der Waals surface area contributed by atoms with E-state index in [0.29, 0.717) is 29.4 Å². The van der Waals surface area contributed by atoms with Crippen LogP contribution < -0.4 is 20.9 Å². The molecule has 0 fully saturated rings. The highest BCUT2D eigenvalue weighted by Crippen LogP contribution is 2.23. The summed E-state index contributed by atoms with van der Waals surface area (Å²) in [5.41, 5.74) is 4.69. The van der Waals surface area contributed by atoms with Gasteiger partial charge in [-0.05, 0) is 63.1 Å². The summed E-state index contributed by atoms with van der Waals surface area (Å²) in [6.07, 6.45) is 4.28. The van der Waals surface area contributed by atoms with E-state index < -0.39 is 0 Å². The lowest BCUT2D eigenvalue weighted by Crippen LogP contribution is -2.23. The zero-order valence-electron chi connectivity index (χ0n) is 19.0. The average Bonchev–Trinajstić information content (AvgIpc) is 3.09. The monoisotopic (exact) mass is 445 g/mol. The molecule has 1 aliphatic heterocycles. The molecule has 0 radical (unpaired) electrons. The predicted octanol–water partition coefficient (Wildman–Crippen LogP) is 3.17. The van der Waals surface area contributed by atoms with E-state index in [9.17, 15) is 4.79 Å². The van der Waals surface area contributed by atoms with E-state index in [1.165, 1.54) is 11.1 Å². The highest BCUT2D eigenvalue weighted by atomic mass is 16.5. The van der Waals surface area contributed by atoms with Crippen LogP contribution in [0.5, 0.6) is 5.88 Å². The summed E-state index contributed by atoms with van der Waals surface area (Å²) in [6, 6.07) is 9.96. The largest absolute Gasteiger partial charge is 0.475 e. The average molecular weight is 446 g/mol. The third-order valence-corrected chi connectivity index (χ3v) is 5.64. The van der Waals surface area contributed by atoms with Crippen molar-refractivity contribution in [3.05, 3.63) is 64.2 Å². The molecule has 170 valence electrons. The standard InChI is InChI=1S/C24H27N7O2/c1-4-30-23(32)20-14-27-24(28-18-6-5-16-7-9-25-13-17(16)11-18)29-22(20)31(30)19-8-10-26-21(12-19)33-15(2)3/h5-6,8,10-12,14-15,25H,4,7,9,13H2,1-3H3,(H,27,28,29). The molecule has 0 atom stereocenters. The summed E-state index contributed by atoms with van der Waals surface area (Å²) in [7, 11) is 0. The quantitative estimate of drug-likeness (QED) is 0.470. The molecule has 0 saturated heterocycles. The van der Waals surface area contributed by atoms with Gasteiger partial charge in [0.05, 0.1) is 11.8 Å². The smallest absolute Gasteiger partial charge is 0.278 e. The lowest BCUT2D eigenvalue weighted by molar-refractivity contribution is 0.232. The Morgan fingerprint density at radius 3 is 2.88 bits per heavy atom. The molecule has 3 aromatic heterocycles. The van der Waals surface area contributed by atoms with Gasteiger partial charge in [0, 0.05) is 37.2 Å². The molecule has 0 aliphatic carbocycles. The maximum Gasteiger partial charge on any atom is 0.278 e. The third kappa shape index (κ3) is 4.07. The van der Waals surface area contributed by atoms with E-state index in [4.69, 9.17) is 9.72 Å². The van der Waals surface area contributed by atoms with Gasteiger partial charge in [-0.25, -0.2) is 19.3 Å². The Morgan fingerprint density at radius 2 is 2.06 bits per heavy atom. The lowest BCUT2D eigenvalue weighted by atomic mass is 10.0. The number of hydrogen-bond donors (Lipinski definition) is 2. The van der Waals surface area contributed by atoms with Gasteiger partial charge in [-0.3, -0.25) is 4.79 Å². The van der Waals surface area contributed by atoms with E-state index in [-0.39, 0.29) is 11.7 Å². The molecule has 0 spiro atoms. The Balaban J connectivity index is 1.57. The summed E-state index contributed by atoms with van der Waals surface area (Å²) >= 11 is 0. The first-order valence-electron chi connectivity index (χ1n) is 11.2. The van der Waals surface area contributed by atoms with Crippen LogP contribution in [0, 0.1) is 0 Å². The minimum absolute atomic E-state index is 0.00697. The summed E-state index contributed by atoms with van der Waals surface area (Å²) in [4.78, 5) is 26.5. The minimum atomic E-state index is -0.137. The second kappa shape index (κ2) is 8.67. The van der Waals surface area contributed by atoms with Gasteiger partial charge < -0.3 is 15.4 Å². The Morgan fingerprint density at radius 1 is 1.18 bits per heavy atom. The Kier molecular flexibility index (Phi) is 5.55. The first-order chi connectivity index (χ1) is 16.0. The molecule has 4 heterocycles. The van der Waals surface area contributed by atoms with Gasteiger partial charge in [-0.15, -0.1) is 0 Å². The molecule has 9 heteroatoms. The number of fused-ring (bicyclic) bond motifs is 2. The lowest BCUT2D eigenvalue weighted by Gasteiger charge is -2.18. The topological polar surface area (TPSA) is 98.9 Å². The maximum absolute atomic E-state index is 13.0. The number of ether oxygens (including phenoxy) is 1. The molecule has 1 aromatic carbocycles. The van der Waals surface area contributed by atoms with Crippen LogP contribution in [0.3, 0.4) is 0 Å². The van der Waals surface area contributed by atoms with Crippen molar-refractivity contribution in [2.24, 2.45) is 0 Å². The minimum Gasteiger partial charge on any atom is -0.475 e. The number of hydrogen-bond acceptors (Lipinski definition) is 7. The molecule has 1 aliphatic rings. The fraction of sp³-hybridized carbons (Fsp3) is 0.333. The van der Waals surface area contributed by atoms with Crippen LogP contribution in [0.25, 0.3) is 16.7 Å². The number of pyridine rings is 1. The van der Waals surface area contributed by atoms with E-state index in [1.54, 1.807) is 21.8 Å². The van der Waals surface area contributed by atoms with E-state index in [0.717, 1.165) is 30.9 Å². The van der Waals surface area contributed by atoms with Crippen molar-refractivity contribution in [1.82, 2.24) is 29.6 Å². The van der Waals surface area contributed by atoms with Gasteiger partial charge >= 0.3 is 0 Å².